The van der Waals surface area contributed by atoms with Gasteiger partial charge in [0.1, 0.15) is 12.3 Å². The van der Waals surface area contributed by atoms with Crippen LogP contribution in [0.4, 0.5) is 5.69 Å². The fourth-order valence-electron chi connectivity index (χ4n) is 5.44. The molecule has 0 radical (unpaired) electrons. The molecule has 1 amide bonds. The van der Waals surface area contributed by atoms with E-state index in [1.165, 1.54) is 16.8 Å². The van der Waals surface area contributed by atoms with E-state index in [-0.39, 0.29) is 11.3 Å². The lowest BCUT2D eigenvalue weighted by Gasteiger charge is -2.49. The van der Waals surface area contributed by atoms with Crippen molar-refractivity contribution in [2.75, 3.05) is 18.1 Å². The number of carbonyl (C=O) groups is 1. The van der Waals surface area contributed by atoms with E-state index in [0.717, 1.165) is 11.1 Å². The second-order valence-corrected chi connectivity index (χ2v) is 10.1. The van der Waals surface area contributed by atoms with Crippen LogP contribution in [0.5, 0.6) is 11.5 Å². The molecule has 1 fully saturated rings. The fourth-order valence-corrected chi connectivity index (χ4v) is 5.44. The van der Waals surface area contributed by atoms with Crippen molar-refractivity contribution in [3.63, 3.8) is 0 Å². The molecular formula is C31H34N2O3. The molecule has 1 unspecified atom stereocenters. The first-order valence-corrected chi connectivity index (χ1v) is 12.7. The number of rotatable bonds is 7. The summed E-state index contributed by atoms with van der Waals surface area (Å²) >= 11 is 0. The molecular weight excluding hydrogens is 448 g/mol. The molecule has 2 aliphatic rings. The van der Waals surface area contributed by atoms with Gasteiger partial charge in [-0.25, -0.2) is 0 Å². The summed E-state index contributed by atoms with van der Waals surface area (Å²) in [4.78, 5) is 15.0. The van der Waals surface area contributed by atoms with E-state index >= 15 is 0 Å². The summed E-state index contributed by atoms with van der Waals surface area (Å²) in [5.41, 5.74) is 4.80. The SMILES string of the molecule is CCOc1cc(/C=C/C23NC(=O)CCN2c2ccc(C)cc2C3(C)C)ccc1OCc1ccccc1. The number of amides is 1. The van der Waals surface area contributed by atoms with Crippen LogP contribution in [0.2, 0.25) is 0 Å². The standard InChI is InChI=1S/C31H34N2O3/c1-5-35-28-20-23(12-14-27(28)36-21-24-9-7-6-8-10-24)15-17-31-30(3,4)25-19-22(2)11-13-26(25)33(31)18-16-29(34)32-31/h6-15,17,19-20H,5,16,18,21H2,1-4H3,(H,32,34)/b17-15+. The van der Waals surface area contributed by atoms with E-state index in [9.17, 15) is 4.79 Å². The smallest absolute Gasteiger partial charge is 0.223 e. The second kappa shape index (κ2) is 9.38. The summed E-state index contributed by atoms with van der Waals surface area (Å²) in [5, 5.41) is 3.35. The summed E-state index contributed by atoms with van der Waals surface area (Å²) in [6.07, 6.45) is 4.72. The zero-order chi connectivity index (χ0) is 25.3. The highest BCUT2D eigenvalue weighted by Gasteiger charge is 2.57. The monoisotopic (exact) mass is 482 g/mol. The number of hydrogen-bond donors (Lipinski definition) is 1. The maximum absolute atomic E-state index is 12.7. The summed E-state index contributed by atoms with van der Waals surface area (Å²) < 4.78 is 12.0. The van der Waals surface area contributed by atoms with Gasteiger partial charge in [0.15, 0.2) is 11.5 Å². The molecule has 0 aliphatic carbocycles. The number of ether oxygens (including phenoxy) is 2. The largest absolute Gasteiger partial charge is 0.490 e. The van der Waals surface area contributed by atoms with E-state index in [2.05, 4.69) is 61.3 Å². The van der Waals surface area contributed by atoms with Crippen LogP contribution in [0.15, 0.2) is 72.8 Å². The van der Waals surface area contributed by atoms with Crippen LogP contribution in [0.25, 0.3) is 6.08 Å². The quantitative estimate of drug-likeness (QED) is 0.449. The van der Waals surface area contributed by atoms with E-state index in [1.807, 2.05) is 55.5 Å². The maximum atomic E-state index is 12.7. The number of aryl methyl sites for hydroxylation is 1. The van der Waals surface area contributed by atoms with Gasteiger partial charge < -0.3 is 19.7 Å². The minimum absolute atomic E-state index is 0.0770. The van der Waals surface area contributed by atoms with Crippen LogP contribution < -0.4 is 19.7 Å². The first-order chi connectivity index (χ1) is 17.3. The Labute approximate surface area is 213 Å². The first-order valence-electron chi connectivity index (χ1n) is 12.7. The average molecular weight is 483 g/mol. The molecule has 0 saturated carbocycles. The predicted octanol–water partition coefficient (Wildman–Crippen LogP) is 6.00. The van der Waals surface area contributed by atoms with Crippen molar-refractivity contribution in [2.45, 2.75) is 51.8 Å². The van der Waals surface area contributed by atoms with E-state index in [4.69, 9.17) is 9.47 Å². The second-order valence-electron chi connectivity index (χ2n) is 10.1. The van der Waals surface area contributed by atoms with Crippen molar-refractivity contribution in [1.82, 2.24) is 5.32 Å². The van der Waals surface area contributed by atoms with Crippen LogP contribution in [0.3, 0.4) is 0 Å². The summed E-state index contributed by atoms with van der Waals surface area (Å²) in [6, 6.07) is 22.7. The maximum Gasteiger partial charge on any atom is 0.223 e. The molecule has 1 N–H and O–H groups in total. The van der Waals surface area contributed by atoms with Gasteiger partial charge in [-0.3, -0.25) is 4.79 Å². The molecule has 2 heterocycles. The average Bonchev–Trinajstić information content (AvgIpc) is 3.06. The summed E-state index contributed by atoms with van der Waals surface area (Å²) in [6.45, 7) is 10.2. The lowest BCUT2D eigenvalue weighted by atomic mass is 9.74. The van der Waals surface area contributed by atoms with Gasteiger partial charge in [-0.05, 0) is 54.8 Å². The highest BCUT2D eigenvalue weighted by atomic mass is 16.5. The Bertz CT molecular complexity index is 1300. The Kier molecular flexibility index (Phi) is 6.25. The number of fused-ring (bicyclic) bond motifs is 3. The fraction of sp³-hybridized carbons (Fsp3) is 0.323. The molecule has 1 saturated heterocycles. The van der Waals surface area contributed by atoms with Crippen LogP contribution in [-0.2, 0) is 16.8 Å². The third kappa shape index (κ3) is 4.13. The van der Waals surface area contributed by atoms with Gasteiger partial charge >= 0.3 is 0 Å². The van der Waals surface area contributed by atoms with E-state index in [1.54, 1.807) is 0 Å². The van der Waals surface area contributed by atoms with Gasteiger partial charge in [-0.2, -0.15) is 0 Å². The highest BCUT2D eigenvalue weighted by molar-refractivity contribution is 5.84. The molecule has 2 aliphatic heterocycles. The molecule has 0 bridgehead atoms. The van der Waals surface area contributed by atoms with Gasteiger partial charge in [0, 0.05) is 24.1 Å². The molecule has 3 aromatic rings. The van der Waals surface area contributed by atoms with Crippen molar-refractivity contribution in [3.8, 4) is 11.5 Å². The minimum Gasteiger partial charge on any atom is -0.490 e. The van der Waals surface area contributed by atoms with Gasteiger partial charge in [-0.15, -0.1) is 0 Å². The van der Waals surface area contributed by atoms with Gasteiger partial charge in [0.2, 0.25) is 5.91 Å². The molecule has 5 heteroatoms. The minimum atomic E-state index is -0.646. The lowest BCUT2D eigenvalue weighted by molar-refractivity contribution is -0.124. The normalized spacial score (nSPS) is 20.1. The molecule has 5 rings (SSSR count). The molecule has 5 nitrogen and oxygen atoms in total. The lowest BCUT2D eigenvalue weighted by Crippen LogP contribution is -2.68. The zero-order valence-electron chi connectivity index (χ0n) is 21.5. The van der Waals surface area contributed by atoms with Crippen LogP contribution in [0, 0.1) is 6.92 Å². The Morgan fingerprint density at radius 2 is 1.81 bits per heavy atom. The number of benzene rings is 3. The number of nitrogens with one attached hydrogen (secondary N) is 1. The molecule has 186 valence electrons. The van der Waals surface area contributed by atoms with Crippen LogP contribution in [-0.4, -0.2) is 24.7 Å². The van der Waals surface area contributed by atoms with Crippen molar-refractivity contribution < 1.29 is 14.3 Å². The van der Waals surface area contributed by atoms with Crippen molar-refractivity contribution >= 4 is 17.7 Å². The van der Waals surface area contributed by atoms with Gasteiger partial charge in [-0.1, -0.05) is 74.0 Å². The third-order valence-corrected chi connectivity index (χ3v) is 7.41. The topological polar surface area (TPSA) is 50.8 Å². The number of carbonyl (C=O) groups excluding carboxylic acids is 1. The first kappa shape index (κ1) is 24.0. The van der Waals surface area contributed by atoms with Crippen molar-refractivity contribution in [2.24, 2.45) is 0 Å². The Morgan fingerprint density at radius 3 is 2.58 bits per heavy atom. The van der Waals surface area contributed by atoms with E-state index < -0.39 is 5.66 Å². The predicted molar refractivity (Wildman–Crippen MR) is 144 cm³/mol. The molecule has 36 heavy (non-hydrogen) atoms. The Hall–Kier alpha value is -3.73. The summed E-state index contributed by atoms with van der Waals surface area (Å²) in [7, 11) is 0. The van der Waals surface area contributed by atoms with Gasteiger partial charge in [0.05, 0.1) is 6.61 Å². The number of nitrogens with zero attached hydrogens (tertiary/aromatic N) is 1. The highest BCUT2D eigenvalue weighted by Crippen LogP contribution is 2.52. The molecule has 0 spiro atoms. The Morgan fingerprint density at radius 1 is 1.00 bits per heavy atom. The zero-order valence-corrected chi connectivity index (χ0v) is 21.5. The molecule has 1 atom stereocenters. The Balaban J connectivity index is 1.47. The van der Waals surface area contributed by atoms with Gasteiger partial charge in [0.25, 0.3) is 0 Å². The van der Waals surface area contributed by atoms with Crippen LogP contribution in [0.1, 0.15) is 49.4 Å². The third-order valence-electron chi connectivity index (χ3n) is 7.41. The molecule has 3 aromatic carbocycles. The summed E-state index contributed by atoms with van der Waals surface area (Å²) in [5.74, 6) is 1.50. The molecule has 0 aromatic heterocycles. The van der Waals surface area contributed by atoms with Crippen molar-refractivity contribution in [3.05, 3.63) is 95.1 Å². The van der Waals surface area contributed by atoms with Crippen molar-refractivity contribution in [1.29, 1.82) is 0 Å². The van der Waals surface area contributed by atoms with Crippen LogP contribution >= 0.6 is 0 Å². The number of anilines is 1. The van der Waals surface area contributed by atoms with E-state index in [0.29, 0.717) is 37.7 Å². The number of hydrogen-bond acceptors (Lipinski definition) is 4.